The molecule has 220 valence electrons. The average molecular weight is 593 g/mol. The number of aromatic nitrogens is 3. The molecule has 0 amide bonds. The number of ether oxygens (including phenoxy) is 1. The quantitative estimate of drug-likeness (QED) is 0.353. The van der Waals surface area contributed by atoms with Crippen LogP contribution in [0.3, 0.4) is 0 Å². The van der Waals surface area contributed by atoms with Gasteiger partial charge in [0.1, 0.15) is 23.6 Å². The molecule has 3 aliphatic heterocycles. The Morgan fingerprint density at radius 3 is 2.69 bits per heavy atom. The van der Waals surface area contributed by atoms with Gasteiger partial charge >= 0.3 is 16.3 Å². The Labute approximate surface area is 243 Å². The number of hydrogen-bond acceptors (Lipinski definition) is 8. The molecule has 2 unspecified atom stereocenters. The van der Waals surface area contributed by atoms with E-state index in [2.05, 4.69) is 10.3 Å². The summed E-state index contributed by atoms with van der Waals surface area (Å²) < 4.78 is 40.9. The summed E-state index contributed by atoms with van der Waals surface area (Å²) in [6, 6.07) is 13.8. The van der Waals surface area contributed by atoms with Gasteiger partial charge in [-0.15, -0.1) is 5.10 Å². The highest BCUT2D eigenvalue weighted by Gasteiger charge is 2.37. The van der Waals surface area contributed by atoms with Crippen LogP contribution in [-0.2, 0) is 28.2 Å². The molecule has 2 N–H and O–H groups in total. The SMILES string of the molecule is Cc1ccc2cc1[C@@H](C)N1Cc3cc(ccc3OS1(=O)=O)OC[C@@H](O)CCn1nnc3c(C)c(ccc31)C2CC(=O)O. The third-order valence-electron chi connectivity index (χ3n) is 8.28. The zero-order chi connectivity index (χ0) is 29.8. The summed E-state index contributed by atoms with van der Waals surface area (Å²) in [7, 11) is -4.13. The van der Waals surface area contributed by atoms with Crippen LogP contribution in [-0.4, -0.2) is 56.6 Å². The van der Waals surface area contributed by atoms with E-state index in [-0.39, 0.29) is 25.3 Å². The summed E-state index contributed by atoms with van der Waals surface area (Å²) in [6.45, 7) is 6.10. The van der Waals surface area contributed by atoms with Gasteiger partial charge in [-0.05, 0) is 79.3 Å². The van der Waals surface area contributed by atoms with Crippen molar-refractivity contribution in [3.05, 3.63) is 81.9 Å². The molecule has 11 nitrogen and oxygen atoms in total. The average Bonchev–Trinajstić information content (AvgIpc) is 3.37. The summed E-state index contributed by atoms with van der Waals surface area (Å²) >= 11 is 0. The zero-order valence-electron chi connectivity index (χ0n) is 23.5. The Kier molecular flexibility index (Phi) is 7.16. The summed E-state index contributed by atoms with van der Waals surface area (Å²) in [6.07, 6.45) is -0.581. The molecule has 0 saturated heterocycles. The van der Waals surface area contributed by atoms with Gasteiger partial charge in [-0.2, -0.15) is 12.7 Å². The van der Waals surface area contributed by atoms with Crippen LogP contribution in [0.25, 0.3) is 11.0 Å². The molecule has 12 heteroatoms. The van der Waals surface area contributed by atoms with Crippen molar-refractivity contribution in [3.8, 4) is 11.5 Å². The molecule has 3 aromatic carbocycles. The Bertz CT molecular complexity index is 1800. The van der Waals surface area contributed by atoms with E-state index in [4.69, 9.17) is 8.92 Å². The molecule has 0 radical (unpaired) electrons. The number of aliphatic hydroxyl groups is 1. The van der Waals surface area contributed by atoms with Gasteiger partial charge in [-0.25, -0.2) is 4.68 Å². The second kappa shape index (κ2) is 10.7. The lowest BCUT2D eigenvalue weighted by Gasteiger charge is -2.33. The van der Waals surface area contributed by atoms with E-state index in [0.29, 0.717) is 29.8 Å². The summed E-state index contributed by atoms with van der Waals surface area (Å²) in [5.41, 5.74) is 6.06. The van der Waals surface area contributed by atoms with Crippen LogP contribution in [0.1, 0.15) is 65.1 Å². The summed E-state index contributed by atoms with van der Waals surface area (Å²) in [4.78, 5) is 12.1. The van der Waals surface area contributed by atoms with Crippen molar-refractivity contribution in [2.45, 2.75) is 64.8 Å². The highest BCUT2D eigenvalue weighted by atomic mass is 32.2. The lowest BCUT2D eigenvalue weighted by Crippen LogP contribution is -2.39. The van der Waals surface area contributed by atoms with Crippen molar-refractivity contribution < 1.29 is 32.3 Å². The first-order valence-corrected chi connectivity index (χ1v) is 15.2. The highest BCUT2D eigenvalue weighted by molar-refractivity contribution is 7.84. The van der Waals surface area contributed by atoms with Crippen LogP contribution in [0, 0.1) is 13.8 Å². The number of carbonyl (C=O) groups is 1. The minimum atomic E-state index is -4.13. The molecular formula is C30H32N4O7S. The van der Waals surface area contributed by atoms with Gasteiger partial charge in [0.2, 0.25) is 0 Å². The number of nitrogens with zero attached hydrogens (tertiary/aromatic N) is 4. The normalized spacial score (nSPS) is 23.4. The molecule has 7 rings (SSSR count). The Balaban J connectivity index is 1.51. The van der Waals surface area contributed by atoms with Gasteiger partial charge < -0.3 is 19.1 Å². The van der Waals surface area contributed by atoms with Gasteiger partial charge in [-0.1, -0.05) is 29.5 Å². The van der Waals surface area contributed by atoms with Crippen LogP contribution >= 0.6 is 0 Å². The zero-order valence-corrected chi connectivity index (χ0v) is 24.3. The smallest absolute Gasteiger partial charge is 0.386 e. The molecule has 0 spiro atoms. The number of hydrogen-bond donors (Lipinski definition) is 2. The first-order chi connectivity index (χ1) is 20.0. The van der Waals surface area contributed by atoms with Crippen molar-refractivity contribution in [3.63, 3.8) is 0 Å². The maximum Gasteiger partial charge on any atom is 0.386 e. The van der Waals surface area contributed by atoms with E-state index in [1.165, 1.54) is 4.31 Å². The molecule has 1 aromatic heterocycles. The number of carboxylic acid groups (broad SMARTS) is 1. The van der Waals surface area contributed by atoms with E-state index < -0.39 is 34.3 Å². The topological polar surface area (TPSA) is 144 Å². The van der Waals surface area contributed by atoms with E-state index in [0.717, 1.165) is 33.3 Å². The fourth-order valence-electron chi connectivity index (χ4n) is 5.92. The lowest BCUT2D eigenvalue weighted by atomic mass is 9.83. The molecular weight excluding hydrogens is 560 g/mol. The second-order valence-corrected chi connectivity index (χ2v) is 12.5. The predicted molar refractivity (Wildman–Crippen MR) is 154 cm³/mol. The summed E-state index contributed by atoms with van der Waals surface area (Å²) in [5.74, 6) is -0.745. The largest absolute Gasteiger partial charge is 0.491 e. The maximum absolute atomic E-state index is 13.3. The first kappa shape index (κ1) is 28.1. The molecule has 4 heterocycles. The molecule has 0 aliphatic carbocycles. The standard InChI is InChI=1S/C30H32N4O7S/c1-17-4-5-20-13-25(17)19(3)34-15-21-12-23(6-9-28(21)41-42(34,38)39)40-16-22(35)10-11-33-27-8-7-24(26(20)14-29(36)37)18(2)30(27)31-32-33/h4-9,12-13,19,22,26,35H,10-11,14-16H2,1-3H3,(H,36,37)/t19-,22+,26?/m1/s1. The van der Waals surface area contributed by atoms with Crippen LogP contribution < -0.4 is 8.92 Å². The van der Waals surface area contributed by atoms with Gasteiger partial charge in [-0.3, -0.25) is 4.79 Å². The van der Waals surface area contributed by atoms with E-state index in [9.17, 15) is 23.4 Å². The number of benzene rings is 3. The second-order valence-electron chi connectivity index (χ2n) is 11.0. The number of aryl methyl sites for hydroxylation is 3. The van der Waals surface area contributed by atoms with Gasteiger partial charge in [0.05, 0.1) is 24.1 Å². The van der Waals surface area contributed by atoms with Crippen LogP contribution in [0.15, 0.2) is 48.5 Å². The van der Waals surface area contributed by atoms with Crippen LogP contribution in [0.4, 0.5) is 0 Å². The number of fused-ring (bicyclic) bond motifs is 5. The minimum Gasteiger partial charge on any atom is -0.491 e. The van der Waals surface area contributed by atoms with Crippen LogP contribution in [0.5, 0.6) is 11.5 Å². The van der Waals surface area contributed by atoms with Crippen molar-refractivity contribution in [1.82, 2.24) is 19.3 Å². The lowest BCUT2D eigenvalue weighted by molar-refractivity contribution is -0.137. The number of carboxylic acids is 1. The summed E-state index contributed by atoms with van der Waals surface area (Å²) in [5, 5.41) is 29.2. The van der Waals surface area contributed by atoms with Gasteiger partial charge in [0.25, 0.3) is 0 Å². The van der Waals surface area contributed by atoms with Gasteiger partial charge in [0, 0.05) is 24.6 Å². The Morgan fingerprint density at radius 2 is 1.90 bits per heavy atom. The molecule has 4 aromatic rings. The molecule has 3 aliphatic rings. The van der Waals surface area contributed by atoms with Crippen molar-refractivity contribution >= 4 is 27.3 Å². The van der Waals surface area contributed by atoms with E-state index in [1.54, 1.807) is 29.8 Å². The van der Waals surface area contributed by atoms with Crippen LogP contribution in [0.2, 0.25) is 0 Å². The molecule has 9 bridgehead atoms. The first-order valence-electron chi connectivity index (χ1n) is 13.8. The monoisotopic (exact) mass is 592 g/mol. The third kappa shape index (κ3) is 5.10. The number of rotatable bonds is 2. The highest BCUT2D eigenvalue weighted by Crippen LogP contribution is 2.40. The minimum absolute atomic E-state index is 0.0384. The van der Waals surface area contributed by atoms with E-state index >= 15 is 0 Å². The Morgan fingerprint density at radius 1 is 1.10 bits per heavy atom. The maximum atomic E-state index is 13.3. The van der Waals surface area contributed by atoms with Crippen molar-refractivity contribution in [2.75, 3.05) is 6.61 Å². The van der Waals surface area contributed by atoms with Gasteiger partial charge in [0.15, 0.2) is 0 Å². The fraction of sp³-hybridized carbons (Fsp3) is 0.367. The number of aliphatic hydroxyl groups excluding tert-OH is 1. The Hall–Kier alpha value is -4.00. The third-order valence-corrected chi connectivity index (χ3v) is 9.69. The fourth-order valence-corrected chi connectivity index (χ4v) is 7.21. The number of aliphatic carboxylic acids is 1. The molecule has 4 atom stereocenters. The van der Waals surface area contributed by atoms with E-state index in [1.807, 2.05) is 44.2 Å². The molecule has 0 saturated carbocycles. The molecule has 42 heavy (non-hydrogen) atoms. The van der Waals surface area contributed by atoms with Crippen molar-refractivity contribution in [1.29, 1.82) is 0 Å². The van der Waals surface area contributed by atoms with Crippen molar-refractivity contribution in [2.24, 2.45) is 0 Å². The molecule has 0 fully saturated rings. The predicted octanol–water partition coefficient (Wildman–Crippen LogP) is 4.00.